The topological polar surface area (TPSA) is 117 Å². The van der Waals surface area contributed by atoms with E-state index in [0.717, 1.165) is 16.0 Å². The number of benzene rings is 2. The van der Waals surface area contributed by atoms with Gasteiger partial charge in [-0.05, 0) is 42.3 Å². The minimum absolute atomic E-state index is 0.185. The van der Waals surface area contributed by atoms with E-state index >= 15 is 0 Å². The SMILES string of the molecule is CNC(=O)[C@@](C)(C(=O)NO)N(C)C(=O)c1ccc(-c2ccc3c(c2)OCO3)cc1. The molecule has 9 heteroatoms. The van der Waals surface area contributed by atoms with Crippen LogP contribution in [0.4, 0.5) is 0 Å². The summed E-state index contributed by atoms with van der Waals surface area (Å²) in [5, 5.41) is 11.3. The lowest BCUT2D eigenvalue weighted by Crippen LogP contribution is -2.64. The van der Waals surface area contributed by atoms with Gasteiger partial charge >= 0.3 is 0 Å². The van der Waals surface area contributed by atoms with E-state index in [9.17, 15) is 14.4 Å². The maximum Gasteiger partial charge on any atom is 0.278 e. The number of nitrogens with zero attached hydrogens (tertiary/aromatic N) is 1. The number of carbonyl (C=O) groups is 3. The standard InChI is InChI=1S/C20H21N3O6/c1-20(18(25)21-2,19(26)22-27)23(3)17(24)13-6-4-12(5-7-13)14-8-9-15-16(10-14)29-11-28-15/h4-10,27H,11H2,1-3H3,(H,21,25)(H,22,26)/t20-/m0/s1. The number of fused-ring (bicyclic) bond motifs is 1. The number of hydroxylamine groups is 1. The quantitative estimate of drug-likeness (QED) is 0.395. The molecule has 152 valence electrons. The van der Waals surface area contributed by atoms with Crippen LogP contribution in [0.15, 0.2) is 42.5 Å². The van der Waals surface area contributed by atoms with Gasteiger partial charge in [-0.25, -0.2) is 5.48 Å². The summed E-state index contributed by atoms with van der Waals surface area (Å²) in [6.07, 6.45) is 0. The molecule has 29 heavy (non-hydrogen) atoms. The zero-order valence-corrected chi connectivity index (χ0v) is 16.2. The van der Waals surface area contributed by atoms with E-state index in [4.69, 9.17) is 14.7 Å². The van der Waals surface area contributed by atoms with Crippen LogP contribution < -0.4 is 20.3 Å². The number of nitrogens with one attached hydrogen (secondary N) is 2. The van der Waals surface area contributed by atoms with E-state index < -0.39 is 23.3 Å². The lowest BCUT2D eigenvalue weighted by molar-refractivity contribution is -0.148. The Kier molecular flexibility index (Phi) is 5.42. The monoisotopic (exact) mass is 399 g/mol. The van der Waals surface area contributed by atoms with Crippen molar-refractivity contribution in [1.82, 2.24) is 15.7 Å². The Morgan fingerprint density at radius 2 is 1.62 bits per heavy atom. The van der Waals surface area contributed by atoms with Gasteiger partial charge in [0.25, 0.3) is 17.7 Å². The normalized spacial score (nSPS) is 13.9. The fourth-order valence-corrected chi connectivity index (χ4v) is 3.04. The molecule has 0 saturated heterocycles. The lowest BCUT2D eigenvalue weighted by atomic mass is 9.96. The van der Waals surface area contributed by atoms with Crippen LogP contribution >= 0.6 is 0 Å². The van der Waals surface area contributed by atoms with Gasteiger partial charge < -0.3 is 19.7 Å². The number of amides is 3. The average Bonchev–Trinajstić information content (AvgIpc) is 3.24. The van der Waals surface area contributed by atoms with Gasteiger partial charge in [-0.15, -0.1) is 0 Å². The molecule has 3 N–H and O–H groups in total. The third kappa shape index (κ3) is 3.47. The molecule has 0 radical (unpaired) electrons. The summed E-state index contributed by atoms with van der Waals surface area (Å²) in [5.41, 5.74) is 1.52. The Bertz CT molecular complexity index is 941. The van der Waals surface area contributed by atoms with Gasteiger partial charge in [0.2, 0.25) is 6.79 Å². The Labute approximate surface area is 167 Å². The molecule has 3 amide bonds. The van der Waals surface area contributed by atoms with Crippen LogP contribution in [0.5, 0.6) is 11.5 Å². The second-order valence-corrected chi connectivity index (χ2v) is 6.60. The minimum Gasteiger partial charge on any atom is -0.454 e. The van der Waals surface area contributed by atoms with E-state index in [2.05, 4.69) is 5.32 Å². The Morgan fingerprint density at radius 1 is 1.00 bits per heavy atom. The smallest absolute Gasteiger partial charge is 0.278 e. The Balaban J connectivity index is 1.86. The summed E-state index contributed by atoms with van der Waals surface area (Å²) >= 11 is 0. The Morgan fingerprint density at radius 3 is 2.24 bits per heavy atom. The molecule has 2 aromatic rings. The van der Waals surface area contributed by atoms with Crippen molar-refractivity contribution in [2.45, 2.75) is 12.5 Å². The van der Waals surface area contributed by atoms with E-state index in [1.165, 1.54) is 26.5 Å². The number of rotatable bonds is 5. The van der Waals surface area contributed by atoms with E-state index in [1.807, 2.05) is 18.2 Å². The van der Waals surface area contributed by atoms with Crippen molar-refractivity contribution in [3.63, 3.8) is 0 Å². The highest BCUT2D eigenvalue weighted by molar-refractivity contribution is 6.12. The summed E-state index contributed by atoms with van der Waals surface area (Å²) in [6.45, 7) is 1.43. The van der Waals surface area contributed by atoms with E-state index in [-0.39, 0.29) is 12.4 Å². The van der Waals surface area contributed by atoms with Crippen molar-refractivity contribution in [1.29, 1.82) is 0 Å². The summed E-state index contributed by atoms with van der Waals surface area (Å²) in [7, 11) is 2.66. The van der Waals surface area contributed by atoms with E-state index in [0.29, 0.717) is 11.5 Å². The highest BCUT2D eigenvalue weighted by atomic mass is 16.7. The van der Waals surface area contributed by atoms with Gasteiger partial charge in [0, 0.05) is 19.7 Å². The van der Waals surface area contributed by atoms with Crippen molar-refractivity contribution in [3.8, 4) is 22.6 Å². The molecule has 1 heterocycles. The number of hydrogen-bond acceptors (Lipinski definition) is 6. The molecule has 1 atom stereocenters. The van der Waals surface area contributed by atoms with Crippen LogP contribution in [0.25, 0.3) is 11.1 Å². The number of ether oxygens (including phenoxy) is 2. The second kappa shape index (κ2) is 7.80. The zero-order chi connectivity index (χ0) is 21.2. The van der Waals surface area contributed by atoms with Gasteiger partial charge in [-0.2, -0.15) is 0 Å². The number of likely N-dealkylation sites (N-methyl/N-ethyl adjacent to an activating group) is 2. The van der Waals surface area contributed by atoms with Crippen LogP contribution in [0.2, 0.25) is 0 Å². The third-order valence-electron chi connectivity index (χ3n) is 5.03. The first kappa shape index (κ1) is 20.2. The van der Waals surface area contributed by atoms with Gasteiger partial charge in [-0.1, -0.05) is 18.2 Å². The predicted octanol–water partition coefficient (Wildman–Crippen LogP) is 1.16. The maximum absolute atomic E-state index is 12.9. The van der Waals surface area contributed by atoms with Crippen LogP contribution in [0, 0.1) is 0 Å². The van der Waals surface area contributed by atoms with Crippen LogP contribution in [-0.4, -0.2) is 54.3 Å². The van der Waals surface area contributed by atoms with Crippen molar-refractivity contribution in [2.24, 2.45) is 0 Å². The van der Waals surface area contributed by atoms with Crippen molar-refractivity contribution >= 4 is 17.7 Å². The highest BCUT2D eigenvalue weighted by Crippen LogP contribution is 2.36. The molecule has 2 aromatic carbocycles. The molecule has 0 fully saturated rings. The summed E-state index contributed by atoms with van der Waals surface area (Å²) in [5.74, 6) is -0.991. The fraction of sp³-hybridized carbons (Fsp3) is 0.250. The summed E-state index contributed by atoms with van der Waals surface area (Å²) < 4.78 is 10.7. The van der Waals surface area contributed by atoms with Crippen molar-refractivity contribution in [3.05, 3.63) is 48.0 Å². The van der Waals surface area contributed by atoms with Gasteiger partial charge in [0.05, 0.1) is 0 Å². The zero-order valence-electron chi connectivity index (χ0n) is 16.2. The van der Waals surface area contributed by atoms with Crippen LogP contribution in [0.3, 0.4) is 0 Å². The molecule has 9 nitrogen and oxygen atoms in total. The first-order valence-corrected chi connectivity index (χ1v) is 8.78. The highest BCUT2D eigenvalue weighted by Gasteiger charge is 2.47. The first-order valence-electron chi connectivity index (χ1n) is 8.78. The predicted molar refractivity (Wildman–Crippen MR) is 102 cm³/mol. The molecular formula is C20H21N3O6. The van der Waals surface area contributed by atoms with Crippen molar-refractivity contribution < 1.29 is 29.1 Å². The number of hydrogen-bond donors (Lipinski definition) is 3. The fourth-order valence-electron chi connectivity index (χ4n) is 3.04. The molecule has 0 saturated carbocycles. The average molecular weight is 399 g/mol. The van der Waals surface area contributed by atoms with Crippen LogP contribution in [0.1, 0.15) is 17.3 Å². The molecular weight excluding hydrogens is 378 g/mol. The van der Waals surface area contributed by atoms with Gasteiger partial charge in [0.15, 0.2) is 17.0 Å². The maximum atomic E-state index is 12.9. The molecule has 1 aliphatic heterocycles. The lowest BCUT2D eigenvalue weighted by Gasteiger charge is -2.34. The van der Waals surface area contributed by atoms with Gasteiger partial charge in [0.1, 0.15) is 0 Å². The van der Waals surface area contributed by atoms with Gasteiger partial charge in [-0.3, -0.25) is 19.6 Å². The third-order valence-corrected chi connectivity index (χ3v) is 5.03. The molecule has 3 rings (SSSR count). The largest absolute Gasteiger partial charge is 0.454 e. The molecule has 0 unspecified atom stereocenters. The number of carbonyl (C=O) groups excluding carboxylic acids is 3. The molecule has 1 aliphatic rings. The van der Waals surface area contributed by atoms with Crippen LogP contribution in [-0.2, 0) is 9.59 Å². The molecule has 0 spiro atoms. The summed E-state index contributed by atoms with van der Waals surface area (Å²) in [4.78, 5) is 38.2. The molecule has 0 bridgehead atoms. The molecule has 0 aliphatic carbocycles. The first-order chi connectivity index (χ1) is 13.8. The molecule has 0 aromatic heterocycles. The van der Waals surface area contributed by atoms with E-state index in [1.54, 1.807) is 24.3 Å². The van der Waals surface area contributed by atoms with Crippen molar-refractivity contribution in [2.75, 3.05) is 20.9 Å². The second-order valence-electron chi connectivity index (χ2n) is 6.60. The summed E-state index contributed by atoms with van der Waals surface area (Å²) in [6, 6.07) is 12.2. The minimum atomic E-state index is -1.93. The Hall–Kier alpha value is -3.59.